The largest absolute Gasteiger partial charge is 0.493 e. The lowest BCUT2D eigenvalue weighted by Gasteiger charge is -2.06. The van der Waals surface area contributed by atoms with Crippen LogP contribution in [0.15, 0.2) is 12.1 Å². The monoisotopic (exact) mass is 232 g/mol. The van der Waals surface area contributed by atoms with Crippen molar-refractivity contribution in [3.63, 3.8) is 0 Å². The number of aryl methyl sites for hydroxylation is 2. The zero-order valence-corrected chi connectivity index (χ0v) is 10.5. The third kappa shape index (κ3) is 1.84. The maximum Gasteiger partial charge on any atom is 0.166 e. The molecule has 2 aromatic heterocycles. The summed E-state index contributed by atoms with van der Waals surface area (Å²) in [5.74, 6) is 0.987. The van der Waals surface area contributed by atoms with Gasteiger partial charge in [-0.25, -0.2) is 4.98 Å². The number of methoxy groups -OCH3 is 1. The molecule has 0 saturated heterocycles. The first-order chi connectivity index (χ1) is 8.04. The SMILES string of the molecule is COc1ccc(-c2c(C)nn(C)c2C)nc1N. The van der Waals surface area contributed by atoms with Crippen LogP contribution in [0.25, 0.3) is 11.3 Å². The Morgan fingerprint density at radius 3 is 2.47 bits per heavy atom. The molecule has 2 heterocycles. The summed E-state index contributed by atoms with van der Waals surface area (Å²) in [7, 11) is 3.49. The van der Waals surface area contributed by atoms with E-state index in [0.717, 1.165) is 22.6 Å². The fourth-order valence-corrected chi connectivity index (χ4v) is 1.92. The number of nitrogens with two attached hydrogens (primary N) is 1. The smallest absolute Gasteiger partial charge is 0.166 e. The Labute approximate surface area is 100 Å². The van der Waals surface area contributed by atoms with Crippen LogP contribution in [0.1, 0.15) is 11.4 Å². The molecule has 0 fully saturated rings. The Morgan fingerprint density at radius 2 is 2.00 bits per heavy atom. The van der Waals surface area contributed by atoms with Crippen molar-refractivity contribution in [1.82, 2.24) is 14.8 Å². The van der Waals surface area contributed by atoms with Gasteiger partial charge < -0.3 is 10.5 Å². The summed E-state index contributed by atoms with van der Waals surface area (Å²) >= 11 is 0. The van der Waals surface area contributed by atoms with Crippen molar-refractivity contribution in [3.8, 4) is 17.0 Å². The second-order valence-corrected chi connectivity index (χ2v) is 3.95. The van der Waals surface area contributed by atoms with E-state index in [2.05, 4.69) is 10.1 Å². The lowest BCUT2D eigenvalue weighted by molar-refractivity contribution is 0.415. The molecule has 0 aliphatic heterocycles. The normalized spacial score (nSPS) is 10.6. The van der Waals surface area contributed by atoms with Gasteiger partial charge in [-0.3, -0.25) is 4.68 Å². The minimum Gasteiger partial charge on any atom is -0.493 e. The van der Waals surface area contributed by atoms with Crippen molar-refractivity contribution in [1.29, 1.82) is 0 Å². The number of hydrogen-bond donors (Lipinski definition) is 1. The second-order valence-electron chi connectivity index (χ2n) is 3.95. The van der Waals surface area contributed by atoms with Gasteiger partial charge in [-0.2, -0.15) is 5.10 Å². The number of rotatable bonds is 2. The molecule has 0 spiro atoms. The standard InChI is InChI=1S/C12H16N4O/c1-7-11(8(2)16(3)15-7)9-5-6-10(17-4)12(13)14-9/h5-6H,1-4H3,(H2,13,14). The van der Waals surface area contributed by atoms with E-state index < -0.39 is 0 Å². The summed E-state index contributed by atoms with van der Waals surface area (Å²) in [5.41, 5.74) is 9.68. The van der Waals surface area contributed by atoms with Crippen LogP contribution in [0.4, 0.5) is 5.82 Å². The van der Waals surface area contributed by atoms with Crippen LogP contribution in [-0.2, 0) is 7.05 Å². The molecule has 2 aromatic rings. The average Bonchev–Trinajstić information content (AvgIpc) is 2.53. The van der Waals surface area contributed by atoms with E-state index >= 15 is 0 Å². The minimum absolute atomic E-state index is 0.396. The van der Waals surface area contributed by atoms with Gasteiger partial charge in [-0.05, 0) is 26.0 Å². The van der Waals surface area contributed by atoms with Crippen molar-refractivity contribution in [3.05, 3.63) is 23.5 Å². The Kier molecular flexibility index (Phi) is 2.75. The fraction of sp³-hybridized carbons (Fsp3) is 0.333. The van der Waals surface area contributed by atoms with Gasteiger partial charge in [0.25, 0.3) is 0 Å². The molecule has 0 radical (unpaired) electrons. The molecule has 2 rings (SSSR count). The quantitative estimate of drug-likeness (QED) is 0.855. The molecule has 0 saturated carbocycles. The summed E-state index contributed by atoms with van der Waals surface area (Å²) in [5, 5.41) is 4.36. The van der Waals surface area contributed by atoms with Gasteiger partial charge in [0.1, 0.15) is 0 Å². The van der Waals surface area contributed by atoms with Gasteiger partial charge in [0.15, 0.2) is 11.6 Å². The summed E-state index contributed by atoms with van der Waals surface area (Å²) in [6, 6.07) is 3.72. The maximum absolute atomic E-state index is 5.81. The van der Waals surface area contributed by atoms with E-state index in [1.165, 1.54) is 0 Å². The average molecular weight is 232 g/mol. The Bertz CT molecular complexity index is 560. The lowest BCUT2D eigenvalue weighted by atomic mass is 10.1. The summed E-state index contributed by atoms with van der Waals surface area (Å²) in [6.45, 7) is 3.97. The first kappa shape index (κ1) is 11.4. The molecule has 0 aliphatic rings. The van der Waals surface area contributed by atoms with E-state index in [9.17, 15) is 0 Å². The number of hydrogen-bond acceptors (Lipinski definition) is 4. The molecule has 0 amide bonds. The number of nitrogens with zero attached hydrogens (tertiary/aromatic N) is 3. The van der Waals surface area contributed by atoms with Gasteiger partial charge in [-0.15, -0.1) is 0 Å². The van der Waals surface area contributed by atoms with Crippen LogP contribution in [0.2, 0.25) is 0 Å². The zero-order chi connectivity index (χ0) is 12.6. The minimum atomic E-state index is 0.396. The van der Waals surface area contributed by atoms with Gasteiger partial charge >= 0.3 is 0 Å². The number of pyridine rings is 1. The van der Waals surface area contributed by atoms with Crippen LogP contribution >= 0.6 is 0 Å². The molecule has 5 heteroatoms. The predicted octanol–water partition coefficient (Wildman–Crippen LogP) is 1.69. The van der Waals surface area contributed by atoms with Crippen LogP contribution in [-0.4, -0.2) is 21.9 Å². The van der Waals surface area contributed by atoms with Crippen LogP contribution in [0.5, 0.6) is 5.75 Å². The summed E-state index contributed by atoms with van der Waals surface area (Å²) in [6.07, 6.45) is 0. The topological polar surface area (TPSA) is 66.0 Å². The van der Waals surface area contributed by atoms with E-state index in [4.69, 9.17) is 10.5 Å². The first-order valence-electron chi connectivity index (χ1n) is 5.35. The van der Waals surface area contributed by atoms with E-state index in [-0.39, 0.29) is 0 Å². The molecule has 0 aliphatic carbocycles. The molecule has 17 heavy (non-hydrogen) atoms. The summed E-state index contributed by atoms with van der Waals surface area (Å²) in [4.78, 5) is 4.35. The highest BCUT2D eigenvalue weighted by Crippen LogP contribution is 2.28. The van der Waals surface area contributed by atoms with Crippen LogP contribution in [0.3, 0.4) is 0 Å². The Hall–Kier alpha value is -2.04. The molecule has 2 N–H and O–H groups in total. The molecular weight excluding hydrogens is 216 g/mol. The number of aromatic nitrogens is 3. The van der Waals surface area contributed by atoms with E-state index in [1.807, 2.05) is 37.7 Å². The Balaban J connectivity index is 2.57. The number of nitrogen functional groups attached to an aromatic ring is 1. The highest BCUT2D eigenvalue weighted by Gasteiger charge is 2.14. The fourth-order valence-electron chi connectivity index (χ4n) is 1.92. The third-order valence-corrected chi connectivity index (χ3v) is 2.87. The van der Waals surface area contributed by atoms with Gasteiger partial charge in [0.05, 0.1) is 18.5 Å². The molecule has 0 atom stereocenters. The predicted molar refractivity (Wildman–Crippen MR) is 66.9 cm³/mol. The third-order valence-electron chi connectivity index (χ3n) is 2.87. The highest BCUT2D eigenvalue weighted by molar-refractivity contribution is 5.67. The molecule has 0 unspecified atom stereocenters. The second kappa shape index (κ2) is 4.08. The molecule has 0 bridgehead atoms. The van der Waals surface area contributed by atoms with E-state index in [0.29, 0.717) is 11.6 Å². The molecule has 0 aromatic carbocycles. The van der Waals surface area contributed by atoms with Crippen molar-refractivity contribution in [2.75, 3.05) is 12.8 Å². The van der Waals surface area contributed by atoms with Crippen LogP contribution < -0.4 is 10.5 Å². The highest BCUT2D eigenvalue weighted by atomic mass is 16.5. The summed E-state index contributed by atoms with van der Waals surface area (Å²) < 4.78 is 6.93. The Morgan fingerprint density at radius 1 is 1.29 bits per heavy atom. The van der Waals surface area contributed by atoms with Gasteiger partial charge in [-0.1, -0.05) is 0 Å². The molecule has 90 valence electrons. The van der Waals surface area contributed by atoms with Crippen LogP contribution in [0, 0.1) is 13.8 Å². The zero-order valence-electron chi connectivity index (χ0n) is 10.5. The number of anilines is 1. The van der Waals surface area contributed by atoms with Crippen molar-refractivity contribution < 1.29 is 4.74 Å². The van der Waals surface area contributed by atoms with Gasteiger partial charge in [0, 0.05) is 18.3 Å². The molecular formula is C12H16N4O. The van der Waals surface area contributed by atoms with Gasteiger partial charge in [0.2, 0.25) is 0 Å². The lowest BCUT2D eigenvalue weighted by Crippen LogP contribution is -1.98. The number of ether oxygens (including phenoxy) is 1. The molecule has 5 nitrogen and oxygen atoms in total. The first-order valence-corrected chi connectivity index (χ1v) is 5.35. The van der Waals surface area contributed by atoms with Crippen molar-refractivity contribution in [2.45, 2.75) is 13.8 Å². The van der Waals surface area contributed by atoms with Crippen molar-refractivity contribution in [2.24, 2.45) is 7.05 Å². The van der Waals surface area contributed by atoms with E-state index in [1.54, 1.807) is 7.11 Å². The maximum atomic E-state index is 5.81. The van der Waals surface area contributed by atoms with Crippen molar-refractivity contribution >= 4 is 5.82 Å².